The Hall–Kier alpha value is -3.01. The fourth-order valence-electron chi connectivity index (χ4n) is 2.99. The minimum absolute atomic E-state index is 0.0355. The Bertz CT molecular complexity index is 1210. The number of aromatic nitrogens is 1. The topological polar surface area (TPSA) is 71.7 Å². The summed E-state index contributed by atoms with van der Waals surface area (Å²) < 4.78 is 54.7. The van der Waals surface area contributed by atoms with E-state index in [-0.39, 0.29) is 22.3 Å². The molecular weight excluding hydrogens is 424 g/mol. The maximum Gasteiger partial charge on any atom is 0.416 e. The van der Waals surface area contributed by atoms with Gasteiger partial charge in [0.05, 0.1) is 15.8 Å². The first-order valence-corrected chi connectivity index (χ1v) is 9.65. The molecule has 3 rings (SSSR count). The molecule has 1 aromatic heterocycles. The number of carboxylic acids is 1. The second-order valence-corrected chi connectivity index (χ2v) is 7.59. The van der Waals surface area contributed by atoms with E-state index in [1.54, 1.807) is 6.92 Å². The van der Waals surface area contributed by atoms with Crippen molar-refractivity contribution in [3.05, 3.63) is 63.7 Å². The number of rotatable bonds is 4. The van der Waals surface area contributed by atoms with Crippen LogP contribution in [0.5, 0.6) is 0 Å². The van der Waals surface area contributed by atoms with Crippen LogP contribution in [0.4, 0.5) is 17.6 Å². The van der Waals surface area contributed by atoms with E-state index < -0.39 is 35.5 Å². The molecule has 0 saturated carbocycles. The lowest BCUT2D eigenvalue weighted by molar-refractivity contribution is -0.141. The standard InChI is InChI=1S/C20H16F4N2O3S/c1-3-14(18(28)29)26-15-9-13(21)10(2)7-16(15)30-19(26)25-17(27)11-5-4-6-12(8-11)20(22,23)24/h4-9,14H,3H2,1-2H3,(H,28,29)/b25-19-. The Morgan fingerprint density at radius 2 is 1.93 bits per heavy atom. The number of aliphatic carboxylic acids is 1. The quantitative estimate of drug-likeness (QED) is 0.584. The van der Waals surface area contributed by atoms with Gasteiger partial charge in [0.15, 0.2) is 4.80 Å². The third kappa shape index (κ3) is 4.13. The molecule has 0 spiro atoms. The van der Waals surface area contributed by atoms with Crippen molar-refractivity contribution in [2.24, 2.45) is 4.99 Å². The summed E-state index contributed by atoms with van der Waals surface area (Å²) >= 11 is 0.964. The summed E-state index contributed by atoms with van der Waals surface area (Å²) in [6.07, 6.45) is -4.50. The molecule has 3 aromatic rings. The number of carboxylic acid groups (broad SMARTS) is 1. The van der Waals surface area contributed by atoms with Crippen LogP contribution in [0.1, 0.15) is 40.9 Å². The number of benzene rings is 2. The highest BCUT2D eigenvalue weighted by Gasteiger charge is 2.31. The number of aryl methyl sites for hydroxylation is 1. The number of amides is 1. The van der Waals surface area contributed by atoms with E-state index in [0.717, 1.165) is 23.5 Å². The summed E-state index contributed by atoms with van der Waals surface area (Å²) in [7, 11) is 0. The van der Waals surface area contributed by atoms with Crippen molar-refractivity contribution >= 4 is 33.4 Å². The molecule has 0 fully saturated rings. The van der Waals surface area contributed by atoms with Crippen molar-refractivity contribution in [1.82, 2.24) is 4.57 Å². The Kier molecular flexibility index (Phi) is 5.80. The molecule has 5 nitrogen and oxygen atoms in total. The van der Waals surface area contributed by atoms with E-state index in [1.807, 2.05) is 0 Å². The van der Waals surface area contributed by atoms with Gasteiger partial charge >= 0.3 is 12.1 Å². The minimum Gasteiger partial charge on any atom is -0.480 e. The molecular formula is C20H16F4N2O3S. The van der Waals surface area contributed by atoms with Gasteiger partial charge in [-0.25, -0.2) is 9.18 Å². The predicted octanol–water partition coefficient (Wildman–Crippen LogP) is 4.95. The molecule has 30 heavy (non-hydrogen) atoms. The van der Waals surface area contributed by atoms with Gasteiger partial charge in [0, 0.05) is 5.56 Å². The number of carbonyl (C=O) groups excluding carboxylic acids is 1. The first-order chi connectivity index (χ1) is 14.0. The zero-order valence-corrected chi connectivity index (χ0v) is 16.6. The van der Waals surface area contributed by atoms with Crippen molar-refractivity contribution in [2.45, 2.75) is 32.5 Å². The number of carbonyl (C=O) groups is 2. The average Bonchev–Trinajstić information content (AvgIpc) is 2.99. The van der Waals surface area contributed by atoms with Gasteiger partial charge in [0.25, 0.3) is 5.91 Å². The highest BCUT2D eigenvalue weighted by atomic mass is 32.1. The summed E-state index contributed by atoms with van der Waals surface area (Å²) in [5.41, 5.74) is -0.718. The van der Waals surface area contributed by atoms with Gasteiger partial charge in [-0.15, -0.1) is 0 Å². The minimum atomic E-state index is -4.63. The van der Waals surface area contributed by atoms with Gasteiger partial charge < -0.3 is 9.67 Å². The van der Waals surface area contributed by atoms with Gasteiger partial charge in [-0.1, -0.05) is 24.3 Å². The fourth-order valence-corrected chi connectivity index (χ4v) is 4.14. The van der Waals surface area contributed by atoms with Crippen LogP contribution in [0, 0.1) is 12.7 Å². The Morgan fingerprint density at radius 1 is 1.23 bits per heavy atom. The molecule has 158 valence electrons. The number of alkyl halides is 3. The Balaban J connectivity index is 2.23. The molecule has 0 aliphatic carbocycles. The lowest BCUT2D eigenvalue weighted by atomic mass is 10.1. The first kappa shape index (κ1) is 21.7. The Morgan fingerprint density at radius 3 is 2.53 bits per heavy atom. The monoisotopic (exact) mass is 440 g/mol. The molecule has 1 N–H and O–H groups in total. The number of nitrogens with zero attached hydrogens (tertiary/aromatic N) is 2. The highest BCUT2D eigenvalue weighted by molar-refractivity contribution is 7.16. The van der Waals surface area contributed by atoms with Crippen molar-refractivity contribution in [1.29, 1.82) is 0 Å². The molecule has 0 saturated heterocycles. The lowest BCUT2D eigenvalue weighted by Crippen LogP contribution is -2.27. The molecule has 0 aliphatic rings. The molecule has 0 bridgehead atoms. The van der Waals surface area contributed by atoms with Gasteiger partial charge in [0.2, 0.25) is 0 Å². The van der Waals surface area contributed by atoms with Crippen LogP contribution >= 0.6 is 11.3 Å². The summed E-state index contributed by atoms with van der Waals surface area (Å²) in [4.78, 5) is 28.2. The maximum atomic E-state index is 14.1. The molecule has 1 amide bonds. The van der Waals surface area contributed by atoms with E-state index in [2.05, 4.69) is 4.99 Å². The van der Waals surface area contributed by atoms with Crippen molar-refractivity contribution < 1.29 is 32.3 Å². The van der Waals surface area contributed by atoms with Crippen molar-refractivity contribution in [2.75, 3.05) is 0 Å². The van der Waals surface area contributed by atoms with Crippen LogP contribution in [0.2, 0.25) is 0 Å². The highest BCUT2D eigenvalue weighted by Crippen LogP contribution is 2.30. The number of thiazole rings is 1. The van der Waals surface area contributed by atoms with Gasteiger partial charge in [-0.05, 0) is 49.2 Å². The van der Waals surface area contributed by atoms with E-state index >= 15 is 0 Å². The predicted molar refractivity (Wildman–Crippen MR) is 103 cm³/mol. The van der Waals surface area contributed by atoms with Crippen LogP contribution in [0.3, 0.4) is 0 Å². The van der Waals surface area contributed by atoms with Crippen LogP contribution in [0.25, 0.3) is 10.2 Å². The third-order valence-corrected chi connectivity index (χ3v) is 5.54. The molecule has 1 heterocycles. The van der Waals surface area contributed by atoms with E-state index in [0.29, 0.717) is 16.3 Å². The van der Waals surface area contributed by atoms with Crippen LogP contribution in [0.15, 0.2) is 41.4 Å². The van der Waals surface area contributed by atoms with Crippen LogP contribution < -0.4 is 4.80 Å². The van der Waals surface area contributed by atoms with E-state index in [1.165, 1.54) is 29.7 Å². The maximum absolute atomic E-state index is 14.1. The fraction of sp³-hybridized carbons (Fsp3) is 0.250. The second kappa shape index (κ2) is 8.02. The molecule has 1 atom stereocenters. The Labute approximate surface area is 171 Å². The molecule has 10 heteroatoms. The van der Waals surface area contributed by atoms with Gasteiger partial charge in [-0.3, -0.25) is 4.79 Å². The molecule has 0 radical (unpaired) electrons. The molecule has 0 aliphatic heterocycles. The second-order valence-electron chi connectivity index (χ2n) is 6.58. The zero-order chi connectivity index (χ0) is 22.2. The van der Waals surface area contributed by atoms with Crippen molar-refractivity contribution in [3.63, 3.8) is 0 Å². The van der Waals surface area contributed by atoms with Gasteiger partial charge in [0.1, 0.15) is 11.9 Å². The molecule has 1 unspecified atom stereocenters. The normalized spacial score (nSPS) is 13.6. The summed E-state index contributed by atoms with van der Waals surface area (Å²) in [6, 6.07) is 5.34. The lowest BCUT2D eigenvalue weighted by Gasteiger charge is -2.13. The number of halogens is 4. The van der Waals surface area contributed by atoms with Crippen LogP contribution in [-0.2, 0) is 11.0 Å². The number of hydrogen-bond acceptors (Lipinski definition) is 3. The SMILES string of the molecule is CCC(C(=O)O)n1/c(=N/C(=O)c2cccc(C(F)(F)F)c2)sc2cc(C)c(F)cc21. The largest absolute Gasteiger partial charge is 0.480 e. The molecule has 2 aromatic carbocycles. The summed E-state index contributed by atoms with van der Waals surface area (Å²) in [5, 5.41) is 9.57. The average molecular weight is 440 g/mol. The van der Waals surface area contributed by atoms with Crippen LogP contribution in [-0.4, -0.2) is 21.6 Å². The van der Waals surface area contributed by atoms with E-state index in [4.69, 9.17) is 0 Å². The smallest absolute Gasteiger partial charge is 0.416 e. The van der Waals surface area contributed by atoms with Crippen molar-refractivity contribution in [3.8, 4) is 0 Å². The summed E-state index contributed by atoms with van der Waals surface area (Å²) in [5.74, 6) is -2.71. The first-order valence-electron chi connectivity index (χ1n) is 8.83. The third-order valence-electron chi connectivity index (χ3n) is 4.52. The van der Waals surface area contributed by atoms with E-state index in [9.17, 15) is 32.3 Å². The number of hydrogen-bond donors (Lipinski definition) is 1. The van der Waals surface area contributed by atoms with Gasteiger partial charge in [-0.2, -0.15) is 18.2 Å². The summed E-state index contributed by atoms with van der Waals surface area (Å²) in [6.45, 7) is 3.15. The zero-order valence-electron chi connectivity index (χ0n) is 15.8. The number of fused-ring (bicyclic) bond motifs is 1.